The van der Waals surface area contributed by atoms with Crippen molar-refractivity contribution in [2.45, 2.75) is 13.1 Å². The lowest BCUT2D eigenvalue weighted by atomic mass is 10.1. The molecule has 0 atom stereocenters. The van der Waals surface area contributed by atoms with Crippen LogP contribution in [0.25, 0.3) is 0 Å². The summed E-state index contributed by atoms with van der Waals surface area (Å²) in [6, 6.07) is 11.7. The van der Waals surface area contributed by atoms with Gasteiger partial charge in [0.05, 0.1) is 15.2 Å². The van der Waals surface area contributed by atoms with Crippen LogP contribution in [0.3, 0.4) is 0 Å². The van der Waals surface area contributed by atoms with Gasteiger partial charge in [0, 0.05) is 20.1 Å². The molecule has 2 amide bonds. The van der Waals surface area contributed by atoms with Crippen LogP contribution in [0, 0.1) is 0 Å². The number of hydrogen-bond donors (Lipinski definition) is 1. The van der Waals surface area contributed by atoms with Gasteiger partial charge < -0.3 is 15.1 Å². The van der Waals surface area contributed by atoms with Gasteiger partial charge >= 0.3 is 0 Å². The third-order valence-electron chi connectivity index (χ3n) is 3.52. The van der Waals surface area contributed by atoms with E-state index in [1.165, 1.54) is 21.8 Å². The first-order valence-electron chi connectivity index (χ1n) is 7.85. The van der Waals surface area contributed by atoms with Gasteiger partial charge in [0.15, 0.2) is 0 Å². The molecule has 0 aliphatic heterocycles. The van der Waals surface area contributed by atoms with Crippen LogP contribution in [-0.2, 0) is 17.9 Å². The SMILES string of the molecule is CN(C)Cc1ccc(CNC(=O)CN(C)C(=O)c2ccc(Br)s2)cc1. The average molecular weight is 424 g/mol. The summed E-state index contributed by atoms with van der Waals surface area (Å²) in [7, 11) is 5.69. The fraction of sp³-hybridized carbons (Fsp3) is 0.333. The molecule has 7 heteroatoms. The Morgan fingerprint density at radius 3 is 2.24 bits per heavy atom. The smallest absolute Gasteiger partial charge is 0.264 e. The number of carbonyl (C=O) groups is 2. The summed E-state index contributed by atoms with van der Waals surface area (Å²) < 4.78 is 0.895. The molecule has 0 radical (unpaired) electrons. The number of rotatable bonds is 7. The highest BCUT2D eigenvalue weighted by atomic mass is 79.9. The summed E-state index contributed by atoms with van der Waals surface area (Å²) in [5, 5.41) is 2.85. The molecule has 25 heavy (non-hydrogen) atoms. The molecule has 0 fully saturated rings. The highest BCUT2D eigenvalue weighted by Crippen LogP contribution is 2.22. The second kappa shape index (κ2) is 9.12. The number of amides is 2. The molecule has 2 rings (SSSR count). The van der Waals surface area contributed by atoms with E-state index in [1.807, 2.05) is 32.3 Å². The Hall–Kier alpha value is -1.70. The highest BCUT2D eigenvalue weighted by Gasteiger charge is 2.16. The standard InChI is InChI=1S/C18H22BrN3O2S/c1-21(2)11-14-6-4-13(5-7-14)10-20-17(23)12-22(3)18(24)15-8-9-16(19)25-15/h4-9H,10-12H2,1-3H3,(H,20,23). The number of hydrogen-bond acceptors (Lipinski definition) is 4. The molecular formula is C18H22BrN3O2S. The van der Waals surface area contributed by atoms with Crippen molar-refractivity contribution in [3.63, 3.8) is 0 Å². The maximum atomic E-state index is 12.2. The zero-order valence-electron chi connectivity index (χ0n) is 14.6. The van der Waals surface area contributed by atoms with Crippen molar-refractivity contribution in [3.8, 4) is 0 Å². The molecule has 2 aromatic rings. The lowest BCUT2D eigenvalue weighted by Crippen LogP contribution is -2.37. The number of halogens is 1. The summed E-state index contributed by atoms with van der Waals surface area (Å²) in [5.41, 5.74) is 2.26. The Morgan fingerprint density at radius 1 is 1.04 bits per heavy atom. The van der Waals surface area contributed by atoms with Crippen LogP contribution in [0.4, 0.5) is 0 Å². The molecule has 1 N–H and O–H groups in total. The second-order valence-corrected chi connectivity index (χ2v) is 8.56. The predicted octanol–water partition coefficient (Wildman–Crippen LogP) is 2.96. The molecule has 0 aliphatic carbocycles. The van der Waals surface area contributed by atoms with Crippen molar-refractivity contribution >= 4 is 39.1 Å². The van der Waals surface area contributed by atoms with Crippen LogP contribution >= 0.6 is 27.3 Å². The van der Waals surface area contributed by atoms with Crippen LogP contribution in [-0.4, -0.2) is 49.3 Å². The van der Waals surface area contributed by atoms with Gasteiger partial charge in [-0.15, -0.1) is 11.3 Å². The van der Waals surface area contributed by atoms with Gasteiger partial charge in [0.2, 0.25) is 5.91 Å². The van der Waals surface area contributed by atoms with Crippen molar-refractivity contribution in [2.75, 3.05) is 27.7 Å². The highest BCUT2D eigenvalue weighted by molar-refractivity contribution is 9.11. The van der Waals surface area contributed by atoms with Crippen LogP contribution in [0.1, 0.15) is 20.8 Å². The minimum atomic E-state index is -0.177. The van der Waals surface area contributed by atoms with Crippen LogP contribution in [0.5, 0.6) is 0 Å². The third kappa shape index (κ3) is 6.26. The van der Waals surface area contributed by atoms with Crippen molar-refractivity contribution in [2.24, 2.45) is 0 Å². The first-order chi connectivity index (χ1) is 11.8. The molecule has 0 saturated heterocycles. The zero-order chi connectivity index (χ0) is 18.4. The summed E-state index contributed by atoms with van der Waals surface area (Å²) in [6.07, 6.45) is 0. The van der Waals surface area contributed by atoms with E-state index in [0.717, 1.165) is 15.9 Å². The van der Waals surface area contributed by atoms with Gasteiger partial charge in [-0.25, -0.2) is 0 Å². The van der Waals surface area contributed by atoms with Gasteiger partial charge in [0.25, 0.3) is 5.91 Å². The quantitative estimate of drug-likeness (QED) is 0.744. The summed E-state index contributed by atoms with van der Waals surface area (Å²) in [4.78, 5) is 28.4. The van der Waals surface area contributed by atoms with E-state index in [-0.39, 0.29) is 18.4 Å². The largest absolute Gasteiger partial charge is 0.350 e. The van der Waals surface area contributed by atoms with Crippen molar-refractivity contribution in [3.05, 3.63) is 56.2 Å². The Kier molecular flexibility index (Phi) is 7.16. The summed E-state index contributed by atoms with van der Waals surface area (Å²) in [5.74, 6) is -0.331. The number of nitrogens with one attached hydrogen (secondary N) is 1. The Balaban J connectivity index is 1.80. The fourth-order valence-electron chi connectivity index (χ4n) is 2.29. The van der Waals surface area contributed by atoms with E-state index in [2.05, 4.69) is 38.3 Å². The molecule has 0 saturated carbocycles. The van der Waals surface area contributed by atoms with Gasteiger partial charge in [-0.2, -0.15) is 0 Å². The van der Waals surface area contributed by atoms with E-state index < -0.39 is 0 Å². The van der Waals surface area contributed by atoms with Crippen LogP contribution in [0.2, 0.25) is 0 Å². The first kappa shape index (κ1) is 19.6. The normalized spacial score (nSPS) is 10.8. The van der Waals surface area contributed by atoms with Crippen LogP contribution in [0.15, 0.2) is 40.2 Å². The van der Waals surface area contributed by atoms with E-state index in [0.29, 0.717) is 11.4 Å². The van der Waals surface area contributed by atoms with E-state index in [4.69, 9.17) is 0 Å². The van der Waals surface area contributed by atoms with Crippen molar-refractivity contribution in [1.29, 1.82) is 0 Å². The molecule has 0 aliphatic rings. The minimum Gasteiger partial charge on any atom is -0.350 e. The van der Waals surface area contributed by atoms with Crippen LogP contribution < -0.4 is 5.32 Å². The minimum absolute atomic E-state index is 0.0348. The zero-order valence-corrected chi connectivity index (χ0v) is 17.0. The first-order valence-corrected chi connectivity index (χ1v) is 9.46. The van der Waals surface area contributed by atoms with E-state index in [1.54, 1.807) is 13.1 Å². The van der Waals surface area contributed by atoms with Crippen molar-refractivity contribution in [1.82, 2.24) is 15.1 Å². The lowest BCUT2D eigenvalue weighted by molar-refractivity contribution is -0.121. The lowest BCUT2D eigenvalue weighted by Gasteiger charge is -2.16. The summed E-state index contributed by atoms with van der Waals surface area (Å²) >= 11 is 4.69. The van der Waals surface area contributed by atoms with E-state index in [9.17, 15) is 9.59 Å². The number of thiophene rings is 1. The van der Waals surface area contributed by atoms with Gasteiger partial charge in [-0.05, 0) is 53.3 Å². The molecule has 1 heterocycles. The predicted molar refractivity (Wildman–Crippen MR) is 105 cm³/mol. The Labute approximate surface area is 160 Å². The number of benzene rings is 1. The molecule has 0 bridgehead atoms. The molecule has 1 aromatic heterocycles. The van der Waals surface area contributed by atoms with Gasteiger partial charge in [-0.3, -0.25) is 9.59 Å². The summed E-state index contributed by atoms with van der Waals surface area (Å²) in [6.45, 7) is 1.37. The maximum Gasteiger partial charge on any atom is 0.264 e. The fourth-order valence-corrected chi connectivity index (χ4v) is 3.67. The number of likely N-dealkylation sites (N-methyl/N-ethyl adjacent to an activating group) is 1. The third-order valence-corrected chi connectivity index (χ3v) is 5.13. The molecule has 1 aromatic carbocycles. The number of carbonyl (C=O) groups excluding carboxylic acids is 2. The van der Waals surface area contributed by atoms with Gasteiger partial charge in [-0.1, -0.05) is 24.3 Å². The number of nitrogens with zero attached hydrogens (tertiary/aromatic N) is 2. The maximum absolute atomic E-state index is 12.2. The molecule has 0 unspecified atom stereocenters. The van der Waals surface area contributed by atoms with Gasteiger partial charge in [0.1, 0.15) is 0 Å². The molecule has 134 valence electrons. The topological polar surface area (TPSA) is 52.7 Å². The molecule has 0 spiro atoms. The molecular weight excluding hydrogens is 402 g/mol. The monoisotopic (exact) mass is 423 g/mol. The van der Waals surface area contributed by atoms with E-state index >= 15 is 0 Å². The Bertz CT molecular complexity index is 728. The second-order valence-electron chi connectivity index (χ2n) is 6.10. The molecule has 5 nitrogen and oxygen atoms in total. The average Bonchev–Trinajstić information content (AvgIpc) is 2.99. The Morgan fingerprint density at radius 2 is 1.68 bits per heavy atom. The van der Waals surface area contributed by atoms with Crippen molar-refractivity contribution < 1.29 is 9.59 Å².